The molecule has 0 aromatic rings. The lowest BCUT2D eigenvalue weighted by Crippen LogP contribution is -2.41. The van der Waals surface area contributed by atoms with Gasteiger partial charge in [0.15, 0.2) is 9.84 Å². The van der Waals surface area contributed by atoms with Gasteiger partial charge >= 0.3 is 0 Å². The topological polar surface area (TPSA) is 61.2 Å². The average molecular weight is 244 g/mol. The molecule has 4 nitrogen and oxygen atoms in total. The first-order valence-electron chi connectivity index (χ1n) is 5.82. The summed E-state index contributed by atoms with van der Waals surface area (Å²) in [4.78, 5) is 2.00. The Bertz CT molecular complexity index is 357. The number of piperidine rings is 1. The molecule has 0 spiro atoms. The van der Waals surface area contributed by atoms with E-state index in [1.165, 1.54) is 0 Å². The molecule has 1 heterocycles. The molecule has 0 aromatic heterocycles. The third-order valence-corrected chi connectivity index (χ3v) is 5.33. The van der Waals surface area contributed by atoms with E-state index in [-0.39, 0.29) is 17.0 Å². The van der Waals surface area contributed by atoms with Gasteiger partial charge in [0.2, 0.25) is 0 Å². The summed E-state index contributed by atoms with van der Waals surface area (Å²) in [6.07, 6.45) is 3.02. The highest BCUT2D eigenvalue weighted by Gasteiger charge is 2.24. The van der Waals surface area contributed by atoms with Gasteiger partial charge in [0.05, 0.1) is 23.1 Å². The normalized spacial score (nSPS) is 23.2. The molecule has 1 fully saturated rings. The first-order chi connectivity index (χ1) is 7.47. The van der Waals surface area contributed by atoms with E-state index in [2.05, 4.69) is 6.07 Å². The lowest BCUT2D eigenvalue weighted by atomic mass is 10.0. The molecular formula is C11H20N2O2S. The second-order valence-electron chi connectivity index (χ2n) is 4.59. The highest BCUT2D eigenvalue weighted by atomic mass is 32.2. The summed E-state index contributed by atoms with van der Waals surface area (Å²) >= 11 is 0. The SMILES string of the molecule is CC(C)S(=O)(=O)CCN1CCCCC1C#N. The highest BCUT2D eigenvalue weighted by molar-refractivity contribution is 7.92. The molecule has 1 saturated heterocycles. The number of hydrogen-bond acceptors (Lipinski definition) is 4. The molecule has 1 atom stereocenters. The molecule has 0 amide bonds. The van der Waals surface area contributed by atoms with Crippen molar-refractivity contribution in [1.29, 1.82) is 5.26 Å². The van der Waals surface area contributed by atoms with Crippen molar-refractivity contribution >= 4 is 9.84 Å². The minimum atomic E-state index is -2.98. The van der Waals surface area contributed by atoms with Crippen LogP contribution in [0.1, 0.15) is 33.1 Å². The van der Waals surface area contributed by atoms with Crippen molar-refractivity contribution < 1.29 is 8.42 Å². The smallest absolute Gasteiger partial charge is 0.153 e. The molecule has 0 N–H and O–H groups in total. The summed E-state index contributed by atoms with van der Waals surface area (Å²) in [5.41, 5.74) is 0. The van der Waals surface area contributed by atoms with Crippen LogP contribution < -0.4 is 0 Å². The molecular weight excluding hydrogens is 224 g/mol. The fraction of sp³-hybridized carbons (Fsp3) is 0.909. The largest absolute Gasteiger partial charge is 0.287 e. The Labute approximate surface area is 98.2 Å². The van der Waals surface area contributed by atoms with Gasteiger partial charge in [0, 0.05) is 6.54 Å². The van der Waals surface area contributed by atoms with E-state index >= 15 is 0 Å². The van der Waals surface area contributed by atoms with Crippen LogP contribution in [0.3, 0.4) is 0 Å². The predicted molar refractivity (Wildman–Crippen MR) is 63.7 cm³/mol. The predicted octanol–water partition coefficient (Wildman–Crippen LogP) is 1.19. The Hall–Kier alpha value is -0.600. The van der Waals surface area contributed by atoms with Crippen LogP contribution in [-0.4, -0.2) is 43.5 Å². The van der Waals surface area contributed by atoms with Gasteiger partial charge in [0.25, 0.3) is 0 Å². The Morgan fingerprint density at radius 1 is 1.44 bits per heavy atom. The van der Waals surface area contributed by atoms with Crippen molar-refractivity contribution in [2.24, 2.45) is 0 Å². The quantitative estimate of drug-likeness (QED) is 0.745. The molecule has 92 valence electrons. The van der Waals surface area contributed by atoms with Crippen LogP contribution in [0.2, 0.25) is 0 Å². The number of hydrogen-bond donors (Lipinski definition) is 0. The van der Waals surface area contributed by atoms with Crippen LogP contribution in [0.25, 0.3) is 0 Å². The lowest BCUT2D eigenvalue weighted by Gasteiger charge is -2.31. The molecule has 1 aliphatic heterocycles. The first kappa shape index (κ1) is 13.5. The summed E-state index contributed by atoms with van der Waals surface area (Å²) in [6, 6.07) is 2.16. The fourth-order valence-electron chi connectivity index (χ4n) is 1.89. The lowest BCUT2D eigenvalue weighted by molar-refractivity contribution is 0.195. The van der Waals surface area contributed by atoms with Gasteiger partial charge in [-0.25, -0.2) is 8.42 Å². The summed E-state index contributed by atoms with van der Waals surface area (Å²) < 4.78 is 23.3. The maximum absolute atomic E-state index is 11.7. The Morgan fingerprint density at radius 3 is 2.69 bits per heavy atom. The van der Waals surface area contributed by atoms with Crippen molar-refractivity contribution in [2.45, 2.75) is 44.4 Å². The number of rotatable bonds is 4. The summed E-state index contributed by atoms with van der Waals surface area (Å²) in [5.74, 6) is 0.169. The molecule has 0 bridgehead atoms. The first-order valence-corrected chi connectivity index (χ1v) is 7.54. The van der Waals surface area contributed by atoms with Crippen LogP contribution in [-0.2, 0) is 9.84 Å². The molecule has 16 heavy (non-hydrogen) atoms. The maximum atomic E-state index is 11.7. The standard InChI is InChI=1S/C11H20N2O2S/c1-10(2)16(14,15)8-7-13-6-4-3-5-11(13)9-12/h10-11H,3-8H2,1-2H3. The van der Waals surface area contributed by atoms with E-state index in [1.807, 2.05) is 4.90 Å². The summed E-state index contributed by atoms with van der Waals surface area (Å²) in [7, 11) is -2.98. The van der Waals surface area contributed by atoms with E-state index < -0.39 is 9.84 Å². The highest BCUT2D eigenvalue weighted by Crippen LogP contribution is 2.16. The van der Waals surface area contributed by atoms with Crippen molar-refractivity contribution in [3.63, 3.8) is 0 Å². The number of likely N-dealkylation sites (tertiary alicyclic amines) is 1. The Morgan fingerprint density at radius 2 is 2.12 bits per heavy atom. The van der Waals surface area contributed by atoms with Gasteiger partial charge in [-0.1, -0.05) is 0 Å². The van der Waals surface area contributed by atoms with Gasteiger partial charge in [-0.15, -0.1) is 0 Å². The number of nitriles is 1. The van der Waals surface area contributed by atoms with Gasteiger partial charge < -0.3 is 0 Å². The third kappa shape index (κ3) is 3.46. The molecule has 0 saturated carbocycles. The molecule has 5 heteroatoms. The van der Waals surface area contributed by atoms with Crippen molar-refractivity contribution in [3.8, 4) is 6.07 Å². The van der Waals surface area contributed by atoms with Gasteiger partial charge in [-0.2, -0.15) is 5.26 Å². The van der Waals surface area contributed by atoms with Gasteiger partial charge in [-0.3, -0.25) is 4.90 Å². The zero-order valence-corrected chi connectivity index (χ0v) is 10.8. The molecule has 1 unspecified atom stereocenters. The van der Waals surface area contributed by atoms with Gasteiger partial charge in [-0.05, 0) is 39.7 Å². The molecule has 0 aromatic carbocycles. The van der Waals surface area contributed by atoms with E-state index in [1.54, 1.807) is 13.8 Å². The Balaban J connectivity index is 2.51. The van der Waals surface area contributed by atoms with E-state index in [9.17, 15) is 8.42 Å². The maximum Gasteiger partial charge on any atom is 0.153 e. The molecule has 0 aliphatic carbocycles. The van der Waals surface area contributed by atoms with E-state index in [4.69, 9.17) is 5.26 Å². The van der Waals surface area contributed by atoms with Crippen LogP contribution in [0.5, 0.6) is 0 Å². The molecule has 1 aliphatic rings. The zero-order valence-electron chi connectivity index (χ0n) is 10.0. The molecule has 0 radical (unpaired) electrons. The summed E-state index contributed by atoms with van der Waals surface area (Å²) in [5, 5.41) is 8.64. The Kier molecular flexibility index (Phi) is 4.75. The van der Waals surface area contributed by atoms with Crippen LogP contribution >= 0.6 is 0 Å². The van der Waals surface area contributed by atoms with E-state index in [0.717, 1.165) is 25.8 Å². The second kappa shape index (κ2) is 5.65. The van der Waals surface area contributed by atoms with E-state index in [0.29, 0.717) is 6.54 Å². The summed E-state index contributed by atoms with van der Waals surface area (Å²) in [6.45, 7) is 4.76. The van der Waals surface area contributed by atoms with Crippen LogP contribution in [0, 0.1) is 11.3 Å². The minimum Gasteiger partial charge on any atom is -0.287 e. The third-order valence-electron chi connectivity index (χ3n) is 3.14. The van der Waals surface area contributed by atoms with Crippen LogP contribution in [0.4, 0.5) is 0 Å². The van der Waals surface area contributed by atoms with Crippen molar-refractivity contribution in [2.75, 3.05) is 18.8 Å². The van der Waals surface area contributed by atoms with Crippen molar-refractivity contribution in [1.82, 2.24) is 4.90 Å². The van der Waals surface area contributed by atoms with Gasteiger partial charge in [0.1, 0.15) is 0 Å². The average Bonchev–Trinajstić information content (AvgIpc) is 2.26. The number of sulfone groups is 1. The zero-order chi connectivity index (χ0) is 12.2. The fourth-order valence-corrected chi connectivity index (χ4v) is 2.85. The van der Waals surface area contributed by atoms with Crippen LogP contribution in [0.15, 0.2) is 0 Å². The monoisotopic (exact) mass is 244 g/mol. The second-order valence-corrected chi connectivity index (χ2v) is 7.27. The number of nitrogens with zero attached hydrogens (tertiary/aromatic N) is 2. The minimum absolute atomic E-state index is 0.0869. The molecule has 1 rings (SSSR count). The van der Waals surface area contributed by atoms with Crippen molar-refractivity contribution in [3.05, 3.63) is 0 Å².